The molecule has 0 spiro atoms. The van der Waals surface area contributed by atoms with Gasteiger partial charge in [-0.25, -0.2) is 14.4 Å². The molecule has 0 atom stereocenters. The average molecular weight is 661 g/mol. The molecule has 12 nitrogen and oxygen atoms in total. The highest BCUT2D eigenvalue weighted by atomic mass is 16.5. The quantitative estimate of drug-likeness (QED) is 0.146. The molecule has 0 saturated heterocycles. The fourth-order valence-corrected chi connectivity index (χ4v) is 6.22. The molecule has 4 rings (SSSR count). The van der Waals surface area contributed by atoms with Crippen molar-refractivity contribution >= 4 is 17.9 Å². The summed E-state index contributed by atoms with van der Waals surface area (Å²) in [4.78, 5) is 37.1. The number of carboxylic acids is 3. The number of aromatic carboxylic acids is 3. The van der Waals surface area contributed by atoms with Crippen molar-refractivity contribution in [2.75, 3.05) is 42.7 Å². The first-order valence-electron chi connectivity index (χ1n) is 14.4. The molecule has 0 unspecified atom stereocenters. The lowest BCUT2D eigenvalue weighted by atomic mass is 9.79. The van der Waals surface area contributed by atoms with E-state index in [2.05, 4.69) is 0 Å². The zero-order chi connectivity index (χ0) is 35.6. The van der Waals surface area contributed by atoms with Gasteiger partial charge in [0.25, 0.3) is 0 Å². The van der Waals surface area contributed by atoms with Crippen LogP contribution in [-0.4, -0.2) is 75.9 Å². The topological polar surface area (TPSA) is 167 Å². The van der Waals surface area contributed by atoms with Crippen LogP contribution < -0.4 is 28.4 Å². The highest BCUT2D eigenvalue weighted by Gasteiger charge is 2.29. The summed E-state index contributed by atoms with van der Waals surface area (Å²) in [5.74, 6) is -2.57. The molecule has 0 aliphatic rings. The third kappa shape index (κ3) is 5.88. The average Bonchev–Trinajstić information content (AvgIpc) is 3.07. The Morgan fingerprint density at radius 2 is 0.604 bits per heavy atom. The standard InChI is InChI=1S/C36H36O12/c1-16-31(19-10-22(34(37)38)28(46-7)13-25(19)43-4)17(2)33(21-12-24(36(41)42)30(48-9)15-27(21)45-6)18(3)32(16)20-11-23(35(39)40)29(47-8)14-26(20)44-5/h10-15H,1-9H3,(H,37,38)(H,39,40)(H,41,42). The van der Waals surface area contributed by atoms with Gasteiger partial charge in [0, 0.05) is 34.9 Å². The molecule has 252 valence electrons. The van der Waals surface area contributed by atoms with Gasteiger partial charge in [-0.3, -0.25) is 0 Å². The SMILES string of the molecule is COc1cc(OC)c(-c2c(C)c(-c3cc(C(=O)O)c(OC)cc3OC)c(C)c(-c3cc(C(=O)O)c(OC)cc3OC)c2C)cc1C(=O)O. The third-order valence-corrected chi connectivity index (χ3v) is 8.31. The summed E-state index contributed by atoms with van der Waals surface area (Å²) in [5, 5.41) is 30.3. The summed E-state index contributed by atoms with van der Waals surface area (Å²) >= 11 is 0. The summed E-state index contributed by atoms with van der Waals surface area (Å²) in [5.41, 5.74) is 4.30. The molecule has 0 aliphatic carbocycles. The molecule has 4 aromatic carbocycles. The highest BCUT2D eigenvalue weighted by Crippen LogP contribution is 2.51. The van der Waals surface area contributed by atoms with E-state index in [1.165, 1.54) is 79.1 Å². The Kier molecular flexibility index (Phi) is 10.1. The monoisotopic (exact) mass is 660 g/mol. The Labute approximate surface area is 277 Å². The van der Waals surface area contributed by atoms with Crippen molar-refractivity contribution in [1.29, 1.82) is 0 Å². The van der Waals surface area contributed by atoms with Gasteiger partial charge in [-0.15, -0.1) is 0 Å². The van der Waals surface area contributed by atoms with Gasteiger partial charge < -0.3 is 43.7 Å². The summed E-state index contributed by atoms with van der Waals surface area (Å²) in [6, 6.07) is 8.76. The molecule has 0 bridgehead atoms. The van der Waals surface area contributed by atoms with Gasteiger partial charge in [0.1, 0.15) is 51.2 Å². The Morgan fingerprint density at radius 3 is 0.771 bits per heavy atom. The first-order chi connectivity index (χ1) is 22.8. The molecule has 3 N–H and O–H groups in total. The second kappa shape index (κ2) is 13.8. The van der Waals surface area contributed by atoms with Crippen LogP contribution in [0.25, 0.3) is 33.4 Å². The second-order valence-corrected chi connectivity index (χ2v) is 10.7. The van der Waals surface area contributed by atoms with Crippen LogP contribution in [0.3, 0.4) is 0 Å². The van der Waals surface area contributed by atoms with Crippen LogP contribution in [-0.2, 0) is 0 Å². The Morgan fingerprint density at radius 1 is 0.396 bits per heavy atom. The predicted octanol–water partition coefficient (Wildman–Crippen LogP) is 6.76. The molecular formula is C36H36O12. The zero-order valence-corrected chi connectivity index (χ0v) is 28.0. The zero-order valence-electron chi connectivity index (χ0n) is 28.0. The van der Waals surface area contributed by atoms with Gasteiger partial charge >= 0.3 is 17.9 Å². The van der Waals surface area contributed by atoms with E-state index in [4.69, 9.17) is 28.4 Å². The lowest BCUT2D eigenvalue weighted by molar-refractivity contribution is 0.0682. The summed E-state index contributed by atoms with van der Waals surface area (Å²) < 4.78 is 33.3. The molecule has 0 aromatic heterocycles. The number of hydrogen-bond acceptors (Lipinski definition) is 9. The molecule has 0 heterocycles. The van der Waals surface area contributed by atoms with Crippen molar-refractivity contribution in [2.45, 2.75) is 20.8 Å². The fourth-order valence-electron chi connectivity index (χ4n) is 6.22. The van der Waals surface area contributed by atoms with Crippen LogP contribution in [0, 0.1) is 20.8 Å². The van der Waals surface area contributed by atoms with Crippen molar-refractivity contribution in [3.8, 4) is 67.9 Å². The minimum atomic E-state index is -1.23. The summed E-state index contributed by atoms with van der Waals surface area (Å²) in [7, 11) is 8.38. The van der Waals surface area contributed by atoms with E-state index in [0.717, 1.165) is 0 Å². The number of methoxy groups -OCH3 is 6. The molecule has 0 radical (unpaired) electrons. The minimum Gasteiger partial charge on any atom is -0.496 e. The number of carboxylic acid groups (broad SMARTS) is 3. The number of hydrogen-bond donors (Lipinski definition) is 3. The van der Waals surface area contributed by atoms with E-state index in [1.54, 1.807) is 0 Å². The van der Waals surface area contributed by atoms with Crippen LogP contribution in [0.4, 0.5) is 0 Å². The normalized spacial score (nSPS) is 10.7. The highest BCUT2D eigenvalue weighted by molar-refractivity contribution is 6.01. The van der Waals surface area contributed by atoms with Crippen LogP contribution in [0.1, 0.15) is 47.8 Å². The van der Waals surface area contributed by atoms with Crippen LogP contribution in [0.2, 0.25) is 0 Å². The molecule has 0 saturated carbocycles. The van der Waals surface area contributed by atoms with Gasteiger partial charge in [0.05, 0.1) is 42.7 Å². The first-order valence-corrected chi connectivity index (χ1v) is 14.4. The Balaban J connectivity index is 2.34. The second-order valence-electron chi connectivity index (χ2n) is 10.7. The van der Waals surface area contributed by atoms with Crippen LogP contribution in [0.5, 0.6) is 34.5 Å². The van der Waals surface area contributed by atoms with E-state index >= 15 is 0 Å². The van der Waals surface area contributed by atoms with E-state index in [0.29, 0.717) is 67.3 Å². The number of ether oxygens (including phenoxy) is 6. The maximum Gasteiger partial charge on any atom is 0.339 e. The van der Waals surface area contributed by atoms with Crippen molar-refractivity contribution in [2.24, 2.45) is 0 Å². The molecular weight excluding hydrogens is 624 g/mol. The largest absolute Gasteiger partial charge is 0.496 e. The van der Waals surface area contributed by atoms with Crippen molar-refractivity contribution in [1.82, 2.24) is 0 Å². The lowest BCUT2D eigenvalue weighted by Crippen LogP contribution is -2.08. The van der Waals surface area contributed by atoms with Gasteiger partial charge in [-0.2, -0.15) is 0 Å². The third-order valence-electron chi connectivity index (χ3n) is 8.31. The van der Waals surface area contributed by atoms with Crippen molar-refractivity contribution in [3.63, 3.8) is 0 Å². The molecule has 0 aliphatic heterocycles. The minimum absolute atomic E-state index is 0.0804. The summed E-state index contributed by atoms with van der Waals surface area (Å²) in [6.45, 7) is 5.45. The molecule has 48 heavy (non-hydrogen) atoms. The smallest absolute Gasteiger partial charge is 0.339 e. The number of rotatable bonds is 12. The first kappa shape index (κ1) is 35.0. The molecule has 4 aromatic rings. The van der Waals surface area contributed by atoms with Gasteiger partial charge in [-0.05, 0) is 72.4 Å². The molecule has 0 amide bonds. The van der Waals surface area contributed by atoms with Gasteiger partial charge in [0.15, 0.2) is 0 Å². The van der Waals surface area contributed by atoms with Gasteiger partial charge in [-0.1, -0.05) is 0 Å². The van der Waals surface area contributed by atoms with Crippen LogP contribution >= 0.6 is 0 Å². The Bertz CT molecular complexity index is 1710. The van der Waals surface area contributed by atoms with E-state index in [-0.39, 0.29) is 33.9 Å². The number of benzene rings is 4. The summed E-state index contributed by atoms with van der Waals surface area (Å²) in [6.07, 6.45) is 0. The van der Waals surface area contributed by atoms with Crippen LogP contribution in [0.15, 0.2) is 36.4 Å². The lowest BCUT2D eigenvalue weighted by Gasteiger charge is -2.26. The van der Waals surface area contributed by atoms with E-state index in [1.807, 2.05) is 20.8 Å². The van der Waals surface area contributed by atoms with Gasteiger partial charge in [0.2, 0.25) is 0 Å². The number of carbonyl (C=O) groups is 3. The molecule has 0 fully saturated rings. The Hall–Kier alpha value is -5.91. The van der Waals surface area contributed by atoms with E-state index < -0.39 is 17.9 Å². The van der Waals surface area contributed by atoms with Crippen molar-refractivity contribution < 1.29 is 58.1 Å². The maximum absolute atomic E-state index is 12.4. The van der Waals surface area contributed by atoms with E-state index in [9.17, 15) is 29.7 Å². The fraction of sp³-hybridized carbons (Fsp3) is 0.250. The molecule has 12 heteroatoms. The van der Waals surface area contributed by atoms with Crippen molar-refractivity contribution in [3.05, 3.63) is 69.8 Å². The maximum atomic E-state index is 12.4. The predicted molar refractivity (Wildman–Crippen MR) is 177 cm³/mol.